The summed E-state index contributed by atoms with van der Waals surface area (Å²) in [5.41, 5.74) is 6.06. The van der Waals surface area contributed by atoms with Crippen LogP contribution in [-0.2, 0) is 17.6 Å². The molecule has 0 saturated heterocycles. The van der Waals surface area contributed by atoms with Crippen LogP contribution in [0.5, 0.6) is 5.75 Å². The maximum atomic E-state index is 13.2. The number of aromatic hydroxyl groups is 1. The van der Waals surface area contributed by atoms with Crippen LogP contribution in [0.1, 0.15) is 29.7 Å². The number of amides is 1. The summed E-state index contributed by atoms with van der Waals surface area (Å²) in [5, 5.41) is 10.9. The number of nitrogens with zero attached hydrogens (tertiary/aromatic N) is 1. The molecule has 3 aromatic rings. The predicted octanol–water partition coefficient (Wildman–Crippen LogP) is 4.29. The predicted molar refractivity (Wildman–Crippen MR) is 111 cm³/mol. The van der Waals surface area contributed by atoms with Gasteiger partial charge in [-0.1, -0.05) is 36.4 Å². The number of hydrogen-bond acceptors (Lipinski definition) is 2. The Morgan fingerprint density at radius 1 is 1.11 bits per heavy atom. The van der Waals surface area contributed by atoms with E-state index in [0.29, 0.717) is 6.54 Å². The lowest BCUT2D eigenvalue weighted by molar-refractivity contribution is -0.135. The number of H-pyrrole nitrogens is 1. The monoisotopic (exact) mass is 372 g/mol. The Kier molecular flexibility index (Phi) is 4.19. The van der Waals surface area contributed by atoms with Crippen molar-refractivity contribution in [3.8, 4) is 5.75 Å². The van der Waals surface area contributed by atoms with E-state index in [1.54, 1.807) is 6.07 Å². The van der Waals surface area contributed by atoms with Crippen molar-refractivity contribution in [3.63, 3.8) is 0 Å². The number of fused-ring (bicyclic) bond motifs is 3. The molecule has 1 amide bonds. The van der Waals surface area contributed by atoms with E-state index in [1.165, 1.54) is 22.4 Å². The highest BCUT2D eigenvalue weighted by atomic mass is 16.3. The molecule has 1 aromatic heterocycles. The summed E-state index contributed by atoms with van der Waals surface area (Å²) in [5.74, 6) is 0.571. The van der Waals surface area contributed by atoms with E-state index >= 15 is 0 Å². The van der Waals surface area contributed by atoms with Gasteiger partial charge in [-0.25, -0.2) is 0 Å². The Labute approximate surface area is 164 Å². The second-order valence-corrected chi connectivity index (χ2v) is 7.88. The van der Waals surface area contributed by atoms with Crippen molar-refractivity contribution in [1.82, 2.24) is 9.88 Å². The average Bonchev–Trinajstić information content (AvgIpc) is 3.11. The van der Waals surface area contributed by atoms with Gasteiger partial charge < -0.3 is 15.0 Å². The fourth-order valence-electron chi connectivity index (χ4n) is 4.66. The quantitative estimate of drug-likeness (QED) is 0.705. The molecule has 0 saturated carbocycles. The number of benzene rings is 2. The van der Waals surface area contributed by atoms with Crippen LogP contribution in [-0.4, -0.2) is 34.0 Å². The molecule has 142 valence electrons. The minimum atomic E-state index is 0.0283. The normalized spacial score (nSPS) is 19.4. The molecule has 1 atom stereocenters. The number of aromatic amines is 1. The molecule has 0 radical (unpaired) electrons. The summed E-state index contributed by atoms with van der Waals surface area (Å²) in [6, 6.07) is 15.9. The maximum Gasteiger partial charge on any atom is 0.226 e. The lowest BCUT2D eigenvalue weighted by Gasteiger charge is -2.31. The van der Waals surface area contributed by atoms with E-state index in [0.717, 1.165) is 43.1 Å². The zero-order chi connectivity index (χ0) is 19.1. The van der Waals surface area contributed by atoms with Gasteiger partial charge in [-0.2, -0.15) is 0 Å². The van der Waals surface area contributed by atoms with Crippen LogP contribution in [0.25, 0.3) is 16.5 Å². The molecular formula is C24H24N2O2. The Morgan fingerprint density at radius 2 is 1.96 bits per heavy atom. The fraction of sp³-hybridized carbons (Fsp3) is 0.292. The second kappa shape index (κ2) is 6.86. The first-order valence-electron chi connectivity index (χ1n) is 10.0. The first-order chi connectivity index (χ1) is 13.7. The number of rotatable bonds is 2. The van der Waals surface area contributed by atoms with Crippen LogP contribution in [0, 0.1) is 5.92 Å². The summed E-state index contributed by atoms with van der Waals surface area (Å²) in [4.78, 5) is 18.6. The van der Waals surface area contributed by atoms with Crippen LogP contribution in [0.4, 0.5) is 0 Å². The first kappa shape index (κ1) is 17.1. The van der Waals surface area contributed by atoms with Crippen molar-refractivity contribution in [2.45, 2.75) is 25.7 Å². The van der Waals surface area contributed by atoms with E-state index in [1.807, 2.05) is 23.1 Å². The molecule has 2 aromatic carbocycles. The molecule has 1 aliphatic heterocycles. The summed E-state index contributed by atoms with van der Waals surface area (Å²) >= 11 is 0. The number of aryl methyl sites for hydroxylation is 1. The van der Waals surface area contributed by atoms with Gasteiger partial charge in [-0.05, 0) is 60.6 Å². The lowest BCUT2D eigenvalue weighted by Crippen LogP contribution is -2.40. The van der Waals surface area contributed by atoms with Gasteiger partial charge >= 0.3 is 0 Å². The molecule has 0 fully saturated rings. The van der Waals surface area contributed by atoms with Gasteiger partial charge in [0.15, 0.2) is 0 Å². The van der Waals surface area contributed by atoms with Crippen molar-refractivity contribution in [3.05, 3.63) is 71.4 Å². The van der Waals surface area contributed by atoms with Crippen LogP contribution in [0.15, 0.2) is 54.6 Å². The molecule has 0 bridgehead atoms. The average molecular weight is 372 g/mol. The van der Waals surface area contributed by atoms with Gasteiger partial charge in [0.25, 0.3) is 0 Å². The number of carbonyl (C=O) groups is 1. The molecule has 2 aliphatic rings. The molecule has 2 heterocycles. The number of phenolic OH excluding ortho intramolecular Hbond substituents is 1. The summed E-state index contributed by atoms with van der Waals surface area (Å²) < 4.78 is 0. The highest BCUT2D eigenvalue weighted by molar-refractivity contribution is 5.88. The molecule has 0 spiro atoms. The van der Waals surface area contributed by atoms with Crippen molar-refractivity contribution in [2.24, 2.45) is 5.92 Å². The third kappa shape index (κ3) is 2.99. The first-order valence-corrected chi connectivity index (χ1v) is 10.0. The van der Waals surface area contributed by atoms with Gasteiger partial charge in [0.2, 0.25) is 5.91 Å². The van der Waals surface area contributed by atoms with E-state index in [2.05, 4.69) is 35.3 Å². The van der Waals surface area contributed by atoms with Crippen molar-refractivity contribution >= 4 is 22.4 Å². The van der Waals surface area contributed by atoms with Gasteiger partial charge in [0.05, 0.1) is 0 Å². The highest BCUT2D eigenvalue weighted by Gasteiger charge is 2.31. The molecule has 4 heteroatoms. The Bertz CT molecular complexity index is 1060. The number of nitrogens with one attached hydrogen (secondary N) is 1. The number of aromatic nitrogens is 1. The van der Waals surface area contributed by atoms with E-state index in [4.69, 9.17) is 0 Å². The maximum absolute atomic E-state index is 13.2. The summed E-state index contributed by atoms with van der Waals surface area (Å²) in [6.07, 6.45) is 5.64. The van der Waals surface area contributed by atoms with Crippen molar-refractivity contribution < 1.29 is 9.90 Å². The van der Waals surface area contributed by atoms with E-state index in [9.17, 15) is 9.90 Å². The topological polar surface area (TPSA) is 56.3 Å². The number of phenols is 1. The molecule has 1 aliphatic carbocycles. The molecule has 1 unspecified atom stereocenters. The van der Waals surface area contributed by atoms with Crippen LogP contribution in [0.2, 0.25) is 0 Å². The number of carbonyl (C=O) groups excluding carboxylic acids is 1. The summed E-state index contributed by atoms with van der Waals surface area (Å²) in [6.45, 7) is 1.48. The van der Waals surface area contributed by atoms with Gasteiger partial charge in [-0.3, -0.25) is 4.79 Å². The fourth-order valence-corrected chi connectivity index (χ4v) is 4.66. The summed E-state index contributed by atoms with van der Waals surface area (Å²) in [7, 11) is 0. The van der Waals surface area contributed by atoms with Crippen molar-refractivity contribution in [1.29, 1.82) is 0 Å². The SMILES string of the molecule is O=C(C1CCc2[nH]c3ccc(O)cc3c2C1)N1CC=C(c2ccccc2)CC1. The third-order valence-electron chi connectivity index (χ3n) is 6.19. The van der Waals surface area contributed by atoms with E-state index in [-0.39, 0.29) is 17.6 Å². The molecular weight excluding hydrogens is 348 g/mol. The Balaban J connectivity index is 1.33. The number of hydrogen-bond donors (Lipinski definition) is 2. The van der Waals surface area contributed by atoms with Crippen molar-refractivity contribution in [2.75, 3.05) is 13.1 Å². The van der Waals surface area contributed by atoms with Crippen LogP contribution in [0.3, 0.4) is 0 Å². The largest absolute Gasteiger partial charge is 0.508 e. The van der Waals surface area contributed by atoms with Gasteiger partial charge in [0, 0.05) is 35.6 Å². The van der Waals surface area contributed by atoms with Crippen LogP contribution >= 0.6 is 0 Å². The Hall–Kier alpha value is -3.01. The van der Waals surface area contributed by atoms with E-state index < -0.39 is 0 Å². The lowest BCUT2D eigenvalue weighted by atomic mass is 9.85. The molecule has 5 rings (SSSR count). The smallest absolute Gasteiger partial charge is 0.226 e. The minimum absolute atomic E-state index is 0.0283. The second-order valence-electron chi connectivity index (χ2n) is 7.88. The van der Waals surface area contributed by atoms with Gasteiger partial charge in [0.1, 0.15) is 5.75 Å². The zero-order valence-corrected chi connectivity index (χ0v) is 15.8. The molecule has 28 heavy (non-hydrogen) atoms. The van der Waals surface area contributed by atoms with Crippen LogP contribution < -0.4 is 0 Å². The standard InChI is InChI=1S/C24H24N2O2/c27-19-7-9-23-21(15-19)20-14-18(6-8-22(20)25-23)24(28)26-12-10-17(11-13-26)16-4-2-1-3-5-16/h1-5,7,9-10,15,18,25,27H,6,8,11-14H2. The Morgan fingerprint density at radius 3 is 2.75 bits per heavy atom. The van der Waals surface area contributed by atoms with Gasteiger partial charge in [-0.15, -0.1) is 0 Å². The highest BCUT2D eigenvalue weighted by Crippen LogP contribution is 2.34. The molecule has 4 nitrogen and oxygen atoms in total. The minimum Gasteiger partial charge on any atom is -0.508 e. The molecule has 2 N–H and O–H groups in total. The zero-order valence-electron chi connectivity index (χ0n) is 15.8. The third-order valence-corrected chi connectivity index (χ3v) is 6.19.